The van der Waals surface area contributed by atoms with Crippen LogP contribution in [-0.2, 0) is 0 Å². The molecule has 0 amide bonds. The number of fused-ring (bicyclic) bond motifs is 4. The second-order valence-electron chi connectivity index (χ2n) is 12.7. The van der Waals surface area contributed by atoms with Gasteiger partial charge in [0.25, 0.3) is 0 Å². The second kappa shape index (κ2) is 11.2. The van der Waals surface area contributed by atoms with E-state index in [-0.39, 0.29) is 104 Å². The molecule has 15 heteroatoms. The summed E-state index contributed by atoms with van der Waals surface area (Å²) >= 11 is 7.81. The number of hydrogen-bond donors (Lipinski definition) is 1. The number of halogens is 6. The van der Waals surface area contributed by atoms with E-state index in [0.717, 1.165) is 36.8 Å². The summed E-state index contributed by atoms with van der Waals surface area (Å²) in [5, 5.41) is 9.97. The maximum Gasteiger partial charge on any atom is 0.319 e. The Hall–Kier alpha value is -3.67. The monoisotopic (exact) mass is 690 g/mol. The molecular formula is C32H28ClF5N6O2S. The van der Waals surface area contributed by atoms with Gasteiger partial charge in [0.15, 0.2) is 11.6 Å². The lowest BCUT2D eigenvalue weighted by Gasteiger charge is -2.33. The lowest BCUT2D eigenvalue weighted by atomic mass is 9.95. The first-order valence-electron chi connectivity index (χ1n) is 15.4. The maximum atomic E-state index is 17.1. The third-order valence-corrected chi connectivity index (χ3v) is 11.6. The third-order valence-electron chi connectivity index (χ3n) is 10.2. The summed E-state index contributed by atoms with van der Waals surface area (Å²) in [4.78, 5) is 12.9. The number of nitrogen functional groups attached to an aromatic ring is 1. The van der Waals surface area contributed by atoms with E-state index < -0.39 is 41.7 Å². The molecule has 6 heterocycles. The number of rotatable bonds is 5. The zero-order chi connectivity index (χ0) is 32.8. The molecule has 0 saturated carbocycles. The Balaban J connectivity index is 1.35. The molecule has 4 aliphatic rings. The minimum atomic E-state index is -2.59. The number of anilines is 2. The molecule has 246 valence electrons. The van der Waals surface area contributed by atoms with Crippen molar-refractivity contribution >= 4 is 54.7 Å². The number of hydrogen-bond acceptors (Lipinski definition) is 9. The van der Waals surface area contributed by atoms with Crippen molar-refractivity contribution in [2.75, 3.05) is 43.5 Å². The summed E-state index contributed by atoms with van der Waals surface area (Å²) in [7, 11) is 0. The van der Waals surface area contributed by atoms with E-state index in [0.29, 0.717) is 6.54 Å². The third kappa shape index (κ3) is 4.60. The zero-order valence-corrected chi connectivity index (χ0v) is 26.4. The van der Waals surface area contributed by atoms with Crippen molar-refractivity contribution in [3.63, 3.8) is 0 Å². The fourth-order valence-electron chi connectivity index (χ4n) is 8.12. The first-order chi connectivity index (χ1) is 22.6. The number of nitrogens with zero attached hydrogens (tertiary/aromatic N) is 5. The van der Waals surface area contributed by atoms with E-state index in [1.807, 2.05) is 6.07 Å². The largest absolute Gasteiger partial charge is 0.491 e. The SMILES string of the molecule is N#Cc1c(N)sc2c(F)ccc(-c3c(Cl)c4c5c(nc(OC[C@@]67CCCN6C[C@H](F)C7)nc5c3F)N3CCC(C(F)F)C3CCO4)c12. The van der Waals surface area contributed by atoms with Crippen LogP contribution in [0.3, 0.4) is 0 Å². The van der Waals surface area contributed by atoms with Gasteiger partial charge >= 0.3 is 6.01 Å². The van der Waals surface area contributed by atoms with Gasteiger partial charge in [0.05, 0.1) is 32.8 Å². The van der Waals surface area contributed by atoms with Crippen molar-refractivity contribution in [2.45, 2.75) is 56.3 Å². The highest BCUT2D eigenvalue weighted by molar-refractivity contribution is 7.23. The molecular weight excluding hydrogens is 663 g/mol. The molecule has 47 heavy (non-hydrogen) atoms. The van der Waals surface area contributed by atoms with Crippen LogP contribution in [0.5, 0.6) is 11.8 Å². The molecule has 4 aromatic rings. The molecule has 8 nitrogen and oxygen atoms in total. The minimum Gasteiger partial charge on any atom is -0.491 e. The molecule has 3 fully saturated rings. The number of nitrogens with two attached hydrogens (primary N) is 1. The van der Waals surface area contributed by atoms with Crippen LogP contribution in [0, 0.1) is 28.9 Å². The Kier molecular flexibility index (Phi) is 7.31. The van der Waals surface area contributed by atoms with Crippen LogP contribution < -0.4 is 20.1 Å². The smallest absolute Gasteiger partial charge is 0.319 e. The number of nitriles is 1. The molecule has 4 aliphatic heterocycles. The Morgan fingerprint density at radius 1 is 1.21 bits per heavy atom. The minimum absolute atomic E-state index is 0.00159. The highest BCUT2D eigenvalue weighted by atomic mass is 35.5. The van der Waals surface area contributed by atoms with Crippen molar-refractivity contribution < 1.29 is 31.4 Å². The first-order valence-corrected chi connectivity index (χ1v) is 16.6. The van der Waals surface area contributed by atoms with Gasteiger partial charge in [-0.05, 0) is 37.4 Å². The molecule has 8 rings (SSSR count). The van der Waals surface area contributed by atoms with Gasteiger partial charge in [-0.3, -0.25) is 4.90 Å². The quantitative estimate of drug-likeness (QED) is 0.222. The van der Waals surface area contributed by atoms with Crippen LogP contribution in [0.25, 0.3) is 32.1 Å². The standard InChI is InChI=1S/C32H28ClF5N6O2S/c33-23-21(16-2-3-18(35)27-20(16)17(11-39)29(40)47-27)24(36)25-22-26(23)45-9-5-19-15(28(37)38)4-8-44(19)30(22)42-31(41-25)46-13-32-6-1-7-43(32)12-14(34)10-32/h2-3,14-15,19,28H,1,4-10,12-13,40H2/t14-,15?,19?,32+/m1/s1. The lowest BCUT2D eigenvalue weighted by Crippen LogP contribution is -2.43. The van der Waals surface area contributed by atoms with Gasteiger partial charge in [0.2, 0.25) is 6.43 Å². The van der Waals surface area contributed by atoms with E-state index in [2.05, 4.69) is 14.9 Å². The fourth-order valence-corrected chi connectivity index (χ4v) is 9.40. The van der Waals surface area contributed by atoms with Crippen LogP contribution in [0.2, 0.25) is 5.02 Å². The molecule has 2 N–H and O–H groups in total. The normalized spacial score (nSPS) is 25.6. The molecule has 0 bridgehead atoms. The topological polar surface area (TPSA) is 101 Å². The average Bonchev–Trinajstić information content (AvgIpc) is 3.78. The Morgan fingerprint density at radius 3 is 2.83 bits per heavy atom. The highest BCUT2D eigenvalue weighted by Crippen LogP contribution is 2.52. The Labute approximate surface area is 274 Å². The Bertz CT molecular complexity index is 1990. The predicted molar refractivity (Wildman–Crippen MR) is 168 cm³/mol. The van der Waals surface area contributed by atoms with E-state index in [1.165, 1.54) is 6.07 Å². The number of alkyl halides is 3. The number of ether oxygens (including phenoxy) is 2. The van der Waals surface area contributed by atoms with Crippen molar-refractivity contribution in [1.29, 1.82) is 5.26 Å². The molecule has 0 radical (unpaired) electrons. The van der Waals surface area contributed by atoms with Crippen LogP contribution >= 0.6 is 22.9 Å². The summed E-state index contributed by atoms with van der Waals surface area (Å²) in [6, 6.07) is 3.61. The summed E-state index contributed by atoms with van der Waals surface area (Å²) in [6.07, 6.45) is -1.29. The van der Waals surface area contributed by atoms with Gasteiger partial charge in [0, 0.05) is 48.8 Å². The number of thiophene rings is 1. The Morgan fingerprint density at radius 2 is 2.04 bits per heavy atom. The average molecular weight is 691 g/mol. The fraction of sp³-hybridized carbons (Fsp3) is 0.469. The second-order valence-corrected chi connectivity index (χ2v) is 14.1. The lowest BCUT2D eigenvalue weighted by molar-refractivity contribution is 0.0681. The molecule has 2 aromatic heterocycles. The van der Waals surface area contributed by atoms with E-state index in [9.17, 15) is 22.8 Å². The van der Waals surface area contributed by atoms with Crippen LogP contribution in [0.4, 0.5) is 32.8 Å². The van der Waals surface area contributed by atoms with Gasteiger partial charge in [-0.1, -0.05) is 17.7 Å². The molecule has 3 saturated heterocycles. The van der Waals surface area contributed by atoms with E-state index in [1.54, 1.807) is 4.90 Å². The summed E-state index contributed by atoms with van der Waals surface area (Å²) in [5.41, 5.74) is 5.16. The van der Waals surface area contributed by atoms with Gasteiger partial charge < -0.3 is 20.1 Å². The molecule has 4 atom stereocenters. The maximum absolute atomic E-state index is 17.1. The van der Waals surface area contributed by atoms with Crippen LogP contribution in [-0.4, -0.2) is 71.9 Å². The van der Waals surface area contributed by atoms with Gasteiger partial charge in [0.1, 0.15) is 41.0 Å². The van der Waals surface area contributed by atoms with Crippen LogP contribution in [0.15, 0.2) is 12.1 Å². The summed E-state index contributed by atoms with van der Waals surface area (Å²) < 4.78 is 87.2. The summed E-state index contributed by atoms with van der Waals surface area (Å²) in [6.45, 7) is 1.33. The van der Waals surface area contributed by atoms with E-state index >= 15 is 4.39 Å². The molecule has 0 aliphatic carbocycles. The predicted octanol–water partition coefficient (Wildman–Crippen LogP) is 7.09. The summed E-state index contributed by atoms with van der Waals surface area (Å²) in [5.74, 6) is -2.32. The number of benzene rings is 2. The highest BCUT2D eigenvalue weighted by Gasteiger charge is 2.50. The van der Waals surface area contributed by atoms with Crippen molar-refractivity contribution in [3.8, 4) is 29.0 Å². The molecule has 2 unspecified atom stereocenters. The van der Waals surface area contributed by atoms with Crippen molar-refractivity contribution in [2.24, 2.45) is 5.92 Å². The van der Waals surface area contributed by atoms with Gasteiger partial charge in [-0.15, -0.1) is 11.3 Å². The van der Waals surface area contributed by atoms with Crippen molar-refractivity contribution in [3.05, 3.63) is 34.4 Å². The molecule has 2 aromatic carbocycles. The van der Waals surface area contributed by atoms with Gasteiger partial charge in [-0.2, -0.15) is 15.2 Å². The van der Waals surface area contributed by atoms with Crippen molar-refractivity contribution in [1.82, 2.24) is 14.9 Å². The molecule has 0 spiro atoms. The zero-order valence-electron chi connectivity index (χ0n) is 24.8. The number of aromatic nitrogens is 2. The van der Waals surface area contributed by atoms with Crippen LogP contribution in [0.1, 0.15) is 37.7 Å². The first kappa shape index (κ1) is 30.7. The van der Waals surface area contributed by atoms with Gasteiger partial charge in [-0.25, -0.2) is 22.0 Å². The van der Waals surface area contributed by atoms with E-state index in [4.69, 9.17) is 26.8 Å².